The van der Waals surface area contributed by atoms with Crippen LogP contribution in [0.4, 0.5) is 5.69 Å². The van der Waals surface area contributed by atoms with Gasteiger partial charge in [-0.25, -0.2) is 4.79 Å². The summed E-state index contributed by atoms with van der Waals surface area (Å²) in [4.78, 5) is 28.1. The van der Waals surface area contributed by atoms with E-state index in [1.165, 1.54) is 16.8 Å². The van der Waals surface area contributed by atoms with Gasteiger partial charge in [0.25, 0.3) is 0 Å². The minimum atomic E-state index is -1.02. The first-order chi connectivity index (χ1) is 14.8. The molecule has 1 aromatic heterocycles. The number of carboxylic acids is 2. The molecule has 0 amide bonds. The number of carbonyl (C=O) groups is 2. The van der Waals surface area contributed by atoms with Crippen molar-refractivity contribution >= 4 is 28.5 Å². The number of aliphatic carboxylic acids is 1. The fourth-order valence-electron chi connectivity index (χ4n) is 4.64. The second-order valence-corrected chi connectivity index (χ2v) is 8.29. The van der Waals surface area contributed by atoms with Gasteiger partial charge >= 0.3 is 11.9 Å². The van der Waals surface area contributed by atoms with Crippen molar-refractivity contribution in [1.29, 1.82) is 0 Å². The molecule has 1 fully saturated rings. The Bertz CT molecular complexity index is 1160. The molecule has 0 bridgehead atoms. The zero-order valence-electron chi connectivity index (χ0n) is 18.0. The number of hydrogen-bond acceptors (Lipinski definition) is 4. The van der Waals surface area contributed by atoms with E-state index in [1.807, 2.05) is 22.7 Å². The smallest absolute Gasteiger partial charge is 0.335 e. The van der Waals surface area contributed by atoms with E-state index >= 15 is 0 Å². The zero-order valence-corrected chi connectivity index (χ0v) is 18.0. The second-order valence-electron chi connectivity index (χ2n) is 8.29. The number of anilines is 1. The van der Waals surface area contributed by atoms with Crippen LogP contribution in [0.2, 0.25) is 0 Å². The van der Waals surface area contributed by atoms with E-state index in [9.17, 15) is 19.8 Å². The summed E-state index contributed by atoms with van der Waals surface area (Å²) in [5.41, 5.74) is 5.24. The Morgan fingerprint density at radius 2 is 1.68 bits per heavy atom. The van der Waals surface area contributed by atoms with E-state index in [1.54, 1.807) is 18.2 Å². The lowest BCUT2D eigenvalue weighted by Gasteiger charge is -2.39. The number of carboxylic acid groups (broad SMARTS) is 2. The van der Waals surface area contributed by atoms with Crippen LogP contribution in [0.1, 0.15) is 33.1 Å². The summed E-state index contributed by atoms with van der Waals surface area (Å²) in [5, 5.41) is 20.2. The number of benzene rings is 2. The van der Waals surface area contributed by atoms with E-state index in [2.05, 4.69) is 36.9 Å². The zero-order chi connectivity index (χ0) is 22.3. The molecule has 1 atom stereocenters. The molecular weight excluding hydrogens is 394 g/mol. The molecule has 0 aliphatic carbocycles. The average molecular weight is 421 g/mol. The summed E-state index contributed by atoms with van der Waals surface area (Å²) in [6.45, 7) is 6.87. The van der Waals surface area contributed by atoms with Crippen molar-refractivity contribution in [2.75, 3.05) is 31.1 Å². The fourth-order valence-corrected chi connectivity index (χ4v) is 4.64. The third-order valence-electron chi connectivity index (χ3n) is 6.17. The molecular formula is C24H27N3O4. The Morgan fingerprint density at radius 1 is 0.968 bits per heavy atom. The minimum Gasteiger partial charge on any atom is -0.480 e. The summed E-state index contributed by atoms with van der Waals surface area (Å²) in [7, 11) is 1.85. The molecule has 1 aliphatic rings. The summed E-state index contributed by atoms with van der Waals surface area (Å²) >= 11 is 0. The van der Waals surface area contributed by atoms with Gasteiger partial charge in [-0.3, -0.25) is 9.69 Å². The molecule has 1 aliphatic heterocycles. The molecule has 7 nitrogen and oxygen atoms in total. The van der Waals surface area contributed by atoms with Gasteiger partial charge < -0.3 is 19.7 Å². The third kappa shape index (κ3) is 3.88. The summed E-state index contributed by atoms with van der Waals surface area (Å²) in [6.07, 6.45) is 1.81. The van der Waals surface area contributed by atoms with Crippen LogP contribution >= 0.6 is 0 Å². The maximum atomic E-state index is 12.3. The van der Waals surface area contributed by atoms with Gasteiger partial charge in [-0.15, -0.1) is 0 Å². The number of hydrogen-bond donors (Lipinski definition) is 2. The number of aromatic carboxylic acids is 1. The van der Waals surface area contributed by atoms with Gasteiger partial charge in [0.15, 0.2) is 0 Å². The molecule has 0 spiro atoms. The lowest BCUT2D eigenvalue weighted by Crippen LogP contribution is -2.49. The largest absolute Gasteiger partial charge is 0.480 e. The molecule has 3 aromatic rings. The highest BCUT2D eigenvalue weighted by Crippen LogP contribution is 2.32. The molecule has 1 saturated heterocycles. The summed E-state index contributed by atoms with van der Waals surface area (Å²) in [6, 6.07) is 10.4. The highest BCUT2D eigenvalue weighted by molar-refractivity contribution is 5.96. The first-order valence-corrected chi connectivity index (χ1v) is 10.4. The van der Waals surface area contributed by atoms with Gasteiger partial charge in [-0.1, -0.05) is 17.7 Å². The van der Waals surface area contributed by atoms with E-state index < -0.39 is 18.0 Å². The van der Waals surface area contributed by atoms with Gasteiger partial charge in [0, 0.05) is 61.6 Å². The number of piperazine rings is 1. The Labute approximate surface area is 181 Å². The standard InChI is InChI=1S/C24H27N3O4/c1-15-4-6-20(16(2)12-15)26-8-10-27(11-9-26)22(24(30)31)19-14-25(3)21-7-5-17(23(28)29)13-18(19)21/h4-7,12-14,22H,8-11H2,1-3H3,(H,28,29)(H,30,31)/t22-/m1/s1. The number of aromatic nitrogens is 1. The van der Waals surface area contributed by atoms with E-state index in [0.29, 0.717) is 24.0 Å². The number of nitrogens with zero attached hydrogens (tertiary/aromatic N) is 3. The third-order valence-corrected chi connectivity index (χ3v) is 6.17. The SMILES string of the molecule is Cc1ccc(N2CCN([C@@H](C(=O)O)c3cn(C)c4ccc(C(=O)O)cc34)CC2)c(C)c1. The normalized spacial score (nSPS) is 15.9. The van der Waals surface area contributed by atoms with Gasteiger partial charge in [0.2, 0.25) is 0 Å². The Kier molecular flexibility index (Phi) is 5.45. The lowest BCUT2D eigenvalue weighted by molar-refractivity contribution is -0.143. The topological polar surface area (TPSA) is 86.0 Å². The highest BCUT2D eigenvalue weighted by Gasteiger charge is 2.33. The van der Waals surface area contributed by atoms with Crippen molar-refractivity contribution in [2.45, 2.75) is 19.9 Å². The quantitative estimate of drug-likeness (QED) is 0.656. The Balaban J connectivity index is 1.63. The Morgan fingerprint density at radius 3 is 2.29 bits per heavy atom. The minimum absolute atomic E-state index is 0.156. The van der Waals surface area contributed by atoms with Crippen LogP contribution in [0.25, 0.3) is 10.9 Å². The lowest BCUT2D eigenvalue weighted by atomic mass is 10.0. The second kappa shape index (κ2) is 8.07. The molecule has 2 N–H and O–H groups in total. The van der Waals surface area contributed by atoms with Gasteiger partial charge in [-0.2, -0.15) is 0 Å². The number of aryl methyl sites for hydroxylation is 3. The monoisotopic (exact) mass is 421 g/mol. The summed E-state index contributed by atoms with van der Waals surface area (Å²) < 4.78 is 1.86. The highest BCUT2D eigenvalue weighted by atomic mass is 16.4. The number of rotatable bonds is 5. The first kappa shape index (κ1) is 20.9. The van der Waals surface area contributed by atoms with E-state index in [4.69, 9.17) is 0 Å². The van der Waals surface area contributed by atoms with Crippen LogP contribution < -0.4 is 4.90 Å². The van der Waals surface area contributed by atoms with Gasteiger partial charge in [0.1, 0.15) is 6.04 Å². The van der Waals surface area contributed by atoms with E-state index in [0.717, 1.165) is 18.6 Å². The first-order valence-electron chi connectivity index (χ1n) is 10.4. The number of fused-ring (bicyclic) bond motifs is 1. The summed E-state index contributed by atoms with van der Waals surface area (Å²) in [5.74, 6) is -1.95. The van der Waals surface area contributed by atoms with Crippen molar-refractivity contribution in [1.82, 2.24) is 9.47 Å². The molecule has 162 valence electrons. The van der Waals surface area contributed by atoms with Crippen LogP contribution in [0.3, 0.4) is 0 Å². The predicted octanol–water partition coefficient (Wildman–Crippen LogP) is 3.44. The fraction of sp³-hybridized carbons (Fsp3) is 0.333. The Hall–Kier alpha value is -3.32. The molecule has 0 radical (unpaired) electrons. The maximum Gasteiger partial charge on any atom is 0.335 e. The van der Waals surface area contributed by atoms with Gasteiger partial charge in [0.05, 0.1) is 5.56 Å². The maximum absolute atomic E-state index is 12.3. The van der Waals surface area contributed by atoms with Crippen molar-refractivity contribution < 1.29 is 19.8 Å². The van der Waals surface area contributed by atoms with Crippen LogP contribution in [-0.2, 0) is 11.8 Å². The molecule has 2 heterocycles. The van der Waals surface area contributed by atoms with Crippen LogP contribution in [0.15, 0.2) is 42.6 Å². The van der Waals surface area contributed by atoms with E-state index in [-0.39, 0.29) is 5.56 Å². The van der Waals surface area contributed by atoms with Crippen LogP contribution in [0.5, 0.6) is 0 Å². The van der Waals surface area contributed by atoms with Crippen LogP contribution in [-0.4, -0.2) is 57.8 Å². The molecule has 0 unspecified atom stereocenters. The van der Waals surface area contributed by atoms with Crippen molar-refractivity contribution in [3.8, 4) is 0 Å². The average Bonchev–Trinajstić information content (AvgIpc) is 3.04. The van der Waals surface area contributed by atoms with Gasteiger partial charge in [-0.05, 0) is 43.7 Å². The molecule has 4 rings (SSSR count). The molecule has 2 aromatic carbocycles. The molecule has 7 heteroatoms. The van der Waals surface area contributed by atoms with Crippen molar-refractivity contribution in [3.05, 3.63) is 64.8 Å². The molecule has 0 saturated carbocycles. The van der Waals surface area contributed by atoms with Crippen molar-refractivity contribution in [2.24, 2.45) is 7.05 Å². The van der Waals surface area contributed by atoms with Crippen molar-refractivity contribution in [3.63, 3.8) is 0 Å². The molecule has 31 heavy (non-hydrogen) atoms. The predicted molar refractivity (Wildman–Crippen MR) is 120 cm³/mol. The van der Waals surface area contributed by atoms with Crippen LogP contribution in [0, 0.1) is 13.8 Å².